The maximum absolute atomic E-state index is 10.1. The van der Waals surface area contributed by atoms with E-state index in [-0.39, 0.29) is 0 Å². The Morgan fingerprint density at radius 2 is 0.913 bits per heavy atom. The fourth-order valence-electron chi connectivity index (χ4n) is 6.76. The van der Waals surface area contributed by atoms with Gasteiger partial charge in [-0.25, -0.2) is 0 Å². The Labute approximate surface area is 265 Å². The van der Waals surface area contributed by atoms with E-state index in [2.05, 4.69) is 91.0 Å². The van der Waals surface area contributed by atoms with Crippen LogP contribution in [0, 0.1) is 11.3 Å². The molecule has 0 atom stereocenters. The summed E-state index contributed by atoms with van der Waals surface area (Å²) in [6, 6.07) is 54.5. The normalized spacial score (nSPS) is 11.5. The van der Waals surface area contributed by atoms with E-state index in [1.165, 1.54) is 0 Å². The molecular weight excluding hydrogens is 562 g/mol. The molecule has 9 rings (SSSR count). The maximum Gasteiger partial charge on any atom is 0.135 e. The van der Waals surface area contributed by atoms with Crippen LogP contribution in [-0.2, 0) is 0 Å². The number of benzene rings is 7. The summed E-state index contributed by atoms with van der Waals surface area (Å²) in [5.74, 6) is 0. The van der Waals surface area contributed by atoms with Gasteiger partial charge < -0.3 is 8.83 Å². The first-order chi connectivity index (χ1) is 22.7. The van der Waals surface area contributed by atoms with Crippen molar-refractivity contribution in [2.24, 2.45) is 0 Å². The first-order valence-electron chi connectivity index (χ1n) is 15.3. The second kappa shape index (κ2) is 10.4. The highest BCUT2D eigenvalue weighted by molar-refractivity contribution is 6.09. The number of rotatable bonds is 4. The van der Waals surface area contributed by atoms with Crippen molar-refractivity contribution in [3.8, 4) is 50.6 Å². The molecule has 0 unspecified atom stereocenters. The number of para-hydroxylation sites is 2. The van der Waals surface area contributed by atoms with Crippen molar-refractivity contribution < 1.29 is 8.83 Å². The van der Waals surface area contributed by atoms with Crippen LogP contribution in [0.25, 0.3) is 88.4 Å². The number of fused-ring (bicyclic) bond motifs is 6. The molecular formula is C43H25NO2. The lowest BCUT2D eigenvalue weighted by molar-refractivity contribution is 0.668. The zero-order valence-electron chi connectivity index (χ0n) is 24.7. The first kappa shape index (κ1) is 26.1. The van der Waals surface area contributed by atoms with Crippen molar-refractivity contribution in [1.82, 2.24) is 0 Å². The average Bonchev–Trinajstić information content (AvgIpc) is 3.69. The topological polar surface area (TPSA) is 50.1 Å². The summed E-state index contributed by atoms with van der Waals surface area (Å²) in [4.78, 5) is 0. The lowest BCUT2D eigenvalue weighted by atomic mass is 9.85. The molecule has 214 valence electrons. The van der Waals surface area contributed by atoms with Gasteiger partial charge in [0.15, 0.2) is 0 Å². The lowest BCUT2D eigenvalue weighted by Crippen LogP contribution is -1.92. The smallest absolute Gasteiger partial charge is 0.135 e. The molecule has 0 amide bonds. The van der Waals surface area contributed by atoms with Crippen LogP contribution in [0.1, 0.15) is 5.56 Å². The van der Waals surface area contributed by atoms with Gasteiger partial charge in [0.2, 0.25) is 0 Å². The highest BCUT2D eigenvalue weighted by Crippen LogP contribution is 2.44. The molecule has 2 heterocycles. The molecule has 0 saturated heterocycles. The van der Waals surface area contributed by atoms with E-state index in [0.29, 0.717) is 5.56 Å². The molecule has 0 spiro atoms. The van der Waals surface area contributed by atoms with Gasteiger partial charge in [0.05, 0.1) is 11.6 Å². The molecule has 0 aliphatic rings. The summed E-state index contributed by atoms with van der Waals surface area (Å²) in [6.45, 7) is 0. The fourth-order valence-corrected chi connectivity index (χ4v) is 6.76. The molecule has 2 aromatic heterocycles. The van der Waals surface area contributed by atoms with Crippen LogP contribution in [0.2, 0.25) is 0 Å². The molecule has 0 bridgehead atoms. The van der Waals surface area contributed by atoms with Crippen molar-refractivity contribution in [2.45, 2.75) is 0 Å². The molecule has 0 aliphatic carbocycles. The van der Waals surface area contributed by atoms with Crippen molar-refractivity contribution in [2.75, 3.05) is 0 Å². The average molecular weight is 588 g/mol. The maximum atomic E-state index is 10.1. The van der Waals surface area contributed by atoms with Crippen LogP contribution in [0.5, 0.6) is 0 Å². The summed E-state index contributed by atoms with van der Waals surface area (Å²) < 4.78 is 12.4. The molecule has 0 radical (unpaired) electrons. The van der Waals surface area contributed by atoms with E-state index in [0.717, 1.165) is 88.4 Å². The molecule has 0 fully saturated rings. The second-order valence-electron chi connectivity index (χ2n) is 11.6. The van der Waals surface area contributed by atoms with Crippen molar-refractivity contribution in [3.05, 3.63) is 157 Å². The van der Waals surface area contributed by atoms with Gasteiger partial charge in [-0.05, 0) is 99.1 Å². The van der Waals surface area contributed by atoms with E-state index in [9.17, 15) is 5.26 Å². The number of hydrogen-bond donors (Lipinski definition) is 0. The third kappa shape index (κ3) is 4.20. The largest absolute Gasteiger partial charge is 0.456 e. The zero-order valence-corrected chi connectivity index (χ0v) is 24.7. The van der Waals surface area contributed by atoms with Gasteiger partial charge in [-0.1, -0.05) is 97.1 Å². The minimum atomic E-state index is 0.621. The van der Waals surface area contributed by atoms with Crippen LogP contribution in [-0.4, -0.2) is 0 Å². The molecule has 46 heavy (non-hydrogen) atoms. The van der Waals surface area contributed by atoms with Crippen molar-refractivity contribution in [1.29, 1.82) is 5.26 Å². The SMILES string of the molecule is N#Cc1cc(-c2ccccc2)cc(-c2cccc(-c3ccc4oc5ccccc5c4c3)c2-c2ccc3oc4ccccc4c3c2)c1. The highest BCUT2D eigenvalue weighted by Gasteiger charge is 2.19. The minimum absolute atomic E-state index is 0.621. The third-order valence-corrected chi connectivity index (χ3v) is 8.90. The Kier molecular flexibility index (Phi) is 5.88. The van der Waals surface area contributed by atoms with Gasteiger partial charge in [0.1, 0.15) is 22.3 Å². The van der Waals surface area contributed by atoms with Gasteiger partial charge in [-0.3, -0.25) is 0 Å². The van der Waals surface area contributed by atoms with Gasteiger partial charge in [0, 0.05) is 21.5 Å². The fraction of sp³-hybridized carbons (Fsp3) is 0. The monoisotopic (exact) mass is 587 g/mol. The first-order valence-corrected chi connectivity index (χ1v) is 15.3. The van der Waals surface area contributed by atoms with Gasteiger partial charge in [0.25, 0.3) is 0 Å². The summed E-state index contributed by atoms with van der Waals surface area (Å²) in [5.41, 5.74) is 12.6. The highest BCUT2D eigenvalue weighted by atomic mass is 16.3. The minimum Gasteiger partial charge on any atom is -0.456 e. The Bertz CT molecular complexity index is 2650. The number of furan rings is 2. The molecule has 7 aromatic carbocycles. The molecule has 9 aromatic rings. The van der Waals surface area contributed by atoms with Crippen molar-refractivity contribution >= 4 is 43.9 Å². The number of nitriles is 1. The van der Waals surface area contributed by atoms with E-state index in [1.54, 1.807) is 0 Å². The Hall–Kier alpha value is -6.37. The molecule has 0 saturated carbocycles. The molecule has 3 heteroatoms. The Balaban J connectivity index is 1.34. The summed E-state index contributed by atoms with van der Waals surface area (Å²) >= 11 is 0. The second-order valence-corrected chi connectivity index (χ2v) is 11.6. The van der Waals surface area contributed by atoms with Crippen LogP contribution in [0.4, 0.5) is 0 Å². The van der Waals surface area contributed by atoms with E-state index >= 15 is 0 Å². The predicted molar refractivity (Wildman–Crippen MR) is 187 cm³/mol. The van der Waals surface area contributed by atoms with E-state index in [1.807, 2.05) is 66.7 Å². The zero-order chi connectivity index (χ0) is 30.6. The van der Waals surface area contributed by atoms with E-state index in [4.69, 9.17) is 8.83 Å². The van der Waals surface area contributed by atoms with Gasteiger partial charge >= 0.3 is 0 Å². The van der Waals surface area contributed by atoms with Gasteiger partial charge in [-0.15, -0.1) is 0 Å². The molecule has 3 nitrogen and oxygen atoms in total. The summed E-state index contributed by atoms with van der Waals surface area (Å²) in [7, 11) is 0. The van der Waals surface area contributed by atoms with Crippen LogP contribution in [0.3, 0.4) is 0 Å². The summed E-state index contributed by atoms with van der Waals surface area (Å²) in [5, 5.41) is 14.4. The third-order valence-electron chi connectivity index (χ3n) is 8.90. The Morgan fingerprint density at radius 3 is 1.59 bits per heavy atom. The van der Waals surface area contributed by atoms with Crippen LogP contribution >= 0.6 is 0 Å². The molecule has 0 aliphatic heterocycles. The predicted octanol–water partition coefficient (Wildman–Crippen LogP) is 12.0. The quantitative estimate of drug-likeness (QED) is 0.206. The van der Waals surface area contributed by atoms with Crippen molar-refractivity contribution in [3.63, 3.8) is 0 Å². The number of hydrogen-bond acceptors (Lipinski definition) is 3. The van der Waals surface area contributed by atoms with Gasteiger partial charge in [-0.2, -0.15) is 5.26 Å². The Morgan fingerprint density at radius 1 is 0.370 bits per heavy atom. The summed E-state index contributed by atoms with van der Waals surface area (Å²) in [6.07, 6.45) is 0. The standard InChI is InChI=1S/C43H25NO2/c44-26-27-21-31(28-9-2-1-3-10-28)23-32(22-27)34-14-8-13-33(29-17-19-41-37(24-29)35-11-4-6-15-39(35)45-41)43(34)30-18-20-42-38(25-30)36-12-5-7-16-40(36)46-42/h1-25H. The van der Waals surface area contributed by atoms with E-state index < -0.39 is 0 Å². The lowest BCUT2D eigenvalue weighted by Gasteiger charge is -2.17. The van der Waals surface area contributed by atoms with Crippen LogP contribution in [0.15, 0.2) is 160 Å². The number of nitrogens with zero attached hydrogens (tertiary/aromatic N) is 1. The van der Waals surface area contributed by atoms with Crippen LogP contribution < -0.4 is 0 Å². The molecule has 0 N–H and O–H groups in total.